The zero-order chi connectivity index (χ0) is 20.7. The lowest BCUT2D eigenvalue weighted by Crippen LogP contribution is -2.64. The van der Waals surface area contributed by atoms with Gasteiger partial charge in [-0.05, 0) is 31.2 Å². The highest BCUT2D eigenvalue weighted by atomic mass is 32.2. The van der Waals surface area contributed by atoms with Gasteiger partial charge in [-0.2, -0.15) is 0 Å². The first kappa shape index (κ1) is 20.1. The van der Waals surface area contributed by atoms with E-state index in [1.54, 1.807) is 24.3 Å². The van der Waals surface area contributed by atoms with E-state index in [1.807, 2.05) is 31.2 Å². The smallest absolute Gasteiger partial charge is 0.262 e. The maximum atomic E-state index is 13.0. The van der Waals surface area contributed by atoms with Gasteiger partial charge < -0.3 is 20.1 Å². The molecule has 0 aromatic heterocycles. The summed E-state index contributed by atoms with van der Waals surface area (Å²) >= 11 is 1.23. The third kappa shape index (κ3) is 3.47. The monoisotopic (exact) mass is 415 g/mol. The molecule has 0 aliphatic carbocycles. The lowest BCUT2D eigenvalue weighted by atomic mass is 9.97. The highest BCUT2D eigenvalue weighted by Crippen LogP contribution is 2.38. The minimum Gasteiger partial charge on any atom is -0.394 e. The Morgan fingerprint density at radius 3 is 2.10 bits per heavy atom. The molecule has 29 heavy (non-hydrogen) atoms. The van der Waals surface area contributed by atoms with Gasteiger partial charge in [-0.25, -0.2) is 0 Å². The number of nitrogens with zero attached hydrogens (tertiary/aromatic N) is 1. The normalized spacial score (nSPS) is 29.2. The number of thioether (sulfide) groups is 1. The van der Waals surface area contributed by atoms with E-state index in [4.69, 9.17) is 4.74 Å². The van der Waals surface area contributed by atoms with Crippen LogP contribution in [-0.4, -0.2) is 68.4 Å². The number of aliphatic hydroxyl groups excluding tert-OH is 3. The highest BCUT2D eigenvalue weighted by molar-refractivity contribution is 7.99. The summed E-state index contributed by atoms with van der Waals surface area (Å²) in [6.07, 6.45) is -3.94. The third-order valence-corrected chi connectivity index (χ3v) is 6.41. The first-order valence-corrected chi connectivity index (χ1v) is 10.1. The van der Waals surface area contributed by atoms with Crippen molar-refractivity contribution in [3.63, 3.8) is 0 Å². The first-order valence-electron chi connectivity index (χ1n) is 9.25. The first-order chi connectivity index (χ1) is 13.9. The molecule has 3 N–H and O–H groups in total. The predicted molar refractivity (Wildman–Crippen MR) is 106 cm³/mol. The van der Waals surface area contributed by atoms with E-state index in [0.717, 1.165) is 15.4 Å². The molecule has 2 aromatic carbocycles. The Balaban J connectivity index is 1.70. The lowest BCUT2D eigenvalue weighted by molar-refractivity contribution is -0.181. The Bertz CT molecular complexity index is 898. The standard InChI is InChI=1S/C21H21NO6S/c1-11-6-8-12(9-7-11)29-21-16(18(25)17(24)15(10-23)28-21)22-19(26)13-4-2-3-5-14(13)20(22)27/h2-9,15-18,21,23-25H,10H2,1H3/t15-,16-,17+,18-,21+/m1/s1. The van der Waals surface area contributed by atoms with E-state index in [-0.39, 0.29) is 11.1 Å². The van der Waals surface area contributed by atoms with Crippen LogP contribution in [0.2, 0.25) is 0 Å². The second kappa shape index (κ2) is 7.89. The number of carbonyl (C=O) groups is 2. The van der Waals surface area contributed by atoms with E-state index in [0.29, 0.717) is 0 Å². The molecule has 0 saturated carbocycles. The number of hydrogen-bond acceptors (Lipinski definition) is 7. The molecule has 4 rings (SSSR count). The summed E-state index contributed by atoms with van der Waals surface area (Å²) in [7, 11) is 0. The van der Waals surface area contributed by atoms with Crippen molar-refractivity contribution >= 4 is 23.6 Å². The van der Waals surface area contributed by atoms with Gasteiger partial charge in [0.25, 0.3) is 11.8 Å². The van der Waals surface area contributed by atoms with Gasteiger partial charge in [0.15, 0.2) is 0 Å². The second-order valence-corrected chi connectivity index (χ2v) is 8.33. The maximum Gasteiger partial charge on any atom is 0.262 e. The summed E-state index contributed by atoms with van der Waals surface area (Å²) in [6, 6.07) is 12.9. The molecular weight excluding hydrogens is 394 g/mol. The van der Waals surface area contributed by atoms with Crippen molar-refractivity contribution in [2.24, 2.45) is 0 Å². The summed E-state index contributed by atoms with van der Waals surface area (Å²) in [5.41, 5.74) is 0.708. The lowest BCUT2D eigenvalue weighted by Gasteiger charge is -2.44. The summed E-state index contributed by atoms with van der Waals surface area (Å²) in [4.78, 5) is 27.7. The number of benzene rings is 2. The van der Waals surface area contributed by atoms with Gasteiger partial charge in [0.1, 0.15) is 29.8 Å². The van der Waals surface area contributed by atoms with Crippen LogP contribution in [0.1, 0.15) is 26.3 Å². The van der Waals surface area contributed by atoms with Crippen molar-refractivity contribution in [2.45, 2.75) is 41.6 Å². The molecule has 0 radical (unpaired) electrons. The van der Waals surface area contributed by atoms with Gasteiger partial charge in [-0.3, -0.25) is 14.5 Å². The molecule has 2 amide bonds. The number of carbonyl (C=O) groups excluding carboxylic acids is 2. The van der Waals surface area contributed by atoms with Gasteiger partial charge in [-0.15, -0.1) is 0 Å². The van der Waals surface area contributed by atoms with E-state index in [2.05, 4.69) is 0 Å². The molecule has 1 saturated heterocycles. The number of aliphatic hydroxyl groups is 3. The van der Waals surface area contributed by atoms with Gasteiger partial charge in [0.05, 0.1) is 17.7 Å². The Labute approximate surface area is 171 Å². The number of amides is 2. The molecule has 7 nitrogen and oxygen atoms in total. The zero-order valence-corrected chi connectivity index (χ0v) is 16.5. The van der Waals surface area contributed by atoms with E-state index in [9.17, 15) is 24.9 Å². The van der Waals surface area contributed by atoms with Crippen LogP contribution in [0.15, 0.2) is 53.4 Å². The zero-order valence-electron chi connectivity index (χ0n) is 15.6. The number of aryl methyl sites for hydroxylation is 1. The molecule has 152 valence electrons. The molecule has 0 unspecified atom stereocenters. The van der Waals surface area contributed by atoms with Crippen LogP contribution in [0.3, 0.4) is 0 Å². The molecule has 2 aromatic rings. The van der Waals surface area contributed by atoms with Crippen LogP contribution >= 0.6 is 11.8 Å². The SMILES string of the molecule is Cc1ccc(S[C@@H]2O[C@H](CO)[C@H](O)[C@H](O)[C@H]2N2C(=O)c3ccccc3C2=O)cc1. The fraction of sp³-hybridized carbons (Fsp3) is 0.333. The Kier molecular flexibility index (Phi) is 5.46. The molecule has 8 heteroatoms. The fourth-order valence-electron chi connectivity index (χ4n) is 3.67. The Morgan fingerprint density at radius 1 is 0.966 bits per heavy atom. The number of imide groups is 1. The van der Waals surface area contributed by atoms with Gasteiger partial charge in [0, 0.05) is 4.90 Å². The van der Waals surface area contributed by atoms with Crippen molar-refractivity contribution < 1.29 is 29.6 Å². The van der Waals surface area contributed by atoms with Crippen molar-refractivity contribution in [1.82, 2.24) is 4.90 Å². The van der Waals surface area contributed by atoms with E-state index >= 15 is 0 Å². The summed E-state index contributed by atoms with van der Waals surface area (Å²) in [5.74, 6) is -1.08. The average Bonchev–Trinajstić information content (AvgIpc) is 2.97. The Morgan fingerprint density at radius 2 is 1.55 bits per heavy atom. The summed E-state index contributed by atoms with van der Waals surface area (Å²) in [5, 5.41) is 30.7. The molecular formula is C21H21NO6S. The number of rotatable bonds is 4. The largest absolute Gasteiger partial charge is 0.394 e. The minimum atomic E-state index is -1.47. The third-order valence-electron chi connectivity index (χ3n) is 5.25. The minimum absolute atomic E-state index is 0.252. The van der Waals surface area contributed by atoms with Crippen LogP contribution < -0.4 is 0 Å². The predicted octanol–water partition coefficient (Wildman–Crippen LogP) is 1.19. The van der Waals surface area contributed by atoms with Crippen molar-refractivity contribution in [3.8, 4) is 0 Å². The highest BCUT2D eigenvalue weighted by Gasteiger charge is 2.52. The van der Waals surface area contributed by atoms with Gasteiger partial charge in [0.2, 0.25) is 0 Å². The Hall–Kier alpha value is -2.23. The molecule has 1 fully saturated rings. The summed E-state index contributed by atoms with van der Waals surface area (Å²) < 4.78 is 5.83. The van der Waals surface area contributed by atoms with Crippen LogP contribution in [0, 0.1) is 6.92 Å². The quantitative estimate of drug-likeness (QED) is 0.644. The van der Waals surface area contributed by atoms with Crippen LogP contribution in [0.4, 0.5) is 0 Å². The molecule has 5 atom stereocenters. The fourth-order valence-corrected chi connectivity index (χ4v) is 4.85. The van der Waals surface area contributed by atoms with Crippen molar-refractivity contribution in [1.29, 1.82) is 0 Å². The molecule has 2 heterocycles. The van der Waals surface area contributed by atoms with Crippen LogP contribution in [-0.2, 0) is 4.74 Å². The van der Waals surface area contributed by atoms with E-state index < -0.39 is 48.2 Å². The molecule has 0 bridgehead atoms. The topological polar surface area (TPSA) is 107 Å². The van der Waals surface area contributed by atoms with Gasteiger partial charge in [-0.1, -0.05) is 41.6 Å². The second-order valence-electron chi connectivity index (χ2n) is 7.15. The molecule has 2 aliphatic heterocycles. The maximum absolute atomic E-state index is 13.0. The number of ether oxygens (including phenoxy) is 1. The average molecular weight is 415 g/mol. The molecule has 0 spiro atoms. The van der Waals surface area contributed by atoms with Crippen molar-refractivity contribution in [3.05, 3.63) is 65.2 Å². The number of fused-ring (bicyclic) bond motifs is 1. The van der Waals surface area contributed by atoms with Gasteiger partial charge >= 0.3 is 0 Å². The number of hydrogen-bond donors (Lipinski definition) is 3. The van der Waals surface area contributed by atoms with Crippen LogP contribution in [0.25, 0.3) is 0 Å². The summed E-state index contributed by atoms with van der Waals surface area (Å²) in [6.45, 7) is 1.45. The van der Waals surface area contributed by atoms with Crippen LogP contribution in [0.5, 0.6) is 0 Å². The van der Waals surface area contributed by atoms with E-state index in [1.165, 1.54) is 11.8 Å². The molecule has 2 aliphatic rings. The van der Waals surface area contributed by atoms with Crippen molar-refractivity contribution in [2.75, 3.05) is 6.61 Å².